The molecule has 0 aliphatic heterocycles. The molecule has 1 heterocycles. The Labute approximate surface area is 122 Å². The standard InChI is InChI=1S/C16H19F3N2/c1-3-21-9-8-13(11-21)10-20-12(2)14-4-6-15(7-5-14)16(17,18)19/h4-9,11-12,20H,3,10H2,1-2H3. The molecule has 0 amide bonds. The van der Waals surface area contributed by atoms with Gasteiger partial charge in [-0.25, -0.2) is 0 Å². The van der Waals surface area contributed by atoms with Crippen molar-refractivity contribution in [3.63, 3.8) is 0 Å². The first-order valence-corrected chi connectivity index (χ1v) is 6.95. The van der Waals surface area contributed by atoms with Crippen molar-refractivity contribution in [2.45, 2.75) is 39.2 Å². The lowest BCUT2D eigenvalue weighted by atomic mass is 10.1. The summed E-state index contributed by atoms with van der Waals surface area (Å²) in [7, 11) is 0. The first kappa shape index (κ1) is 15.6. The van der Waals surface area contributed by atoms with Gasteiger partial charge in [-0.3, -0.25) is 0 Å². The second-order valence-electron chi connectivity index (χ2n) is 5.07. The predicted octanol–water partition coefficient (Wildman–Crippen LogP) is 4.38. The van der Waals surface area contributed by atoms with Crippen LogP contribution in [0, 0.1) is 0 Å². The topological polar surface area (TPSA) is 17.0 Å². The maximum Gasteiger partial charge on any atom is 0.416 e. The molecular formula is C16H19F3N2. The third-order valence-corrected chi connectivity index (χ3v) is 3.53. The molecule has 0 bridgehead atoms. The van der Waals surface area contributed by atoms with E-state index in [4.69, 9.17) is 0 Å². The van der Waals surface area contributed by atoms with E-state index in [2.05, 4.69) is 23.0 Å². The van der Waals surface area contributed by atoms with Crippen LogP contribution in [0.3, 0.4) is 0 Å². The van der Waals surface area contributed by atoms with Crippen LogP contribution < -0.4 is 5.32 Å². The lowest BCUT2D eigenvalue weighted by Crippen LogP contribution is -2.18. The summed E-state index contributed by atoms with van der Waals surface area (Å²) in [6, 6.07) is 7.34. The third kappa shape index (κ3) is 4.11. The molecule has 21 heavy (non-hydrogen) atoms. The van der Waals surface area contributed by atoms with Crippen molar-refractivity contribution in [2.75, 3.05) is 0 Å². The highest BCUT2D eigenvalue weighted by Gasteiger charge is 2.30. The Hall–Kier alpha value is -1.75. The minimum Gasteiger partial charge on any atom is -0.354 e. The van der Waals surface area contributed by atoms with Gasteiger partial charge in [0.05, 0.1) is 5.56 Å². The fraction of sp³-hybridized carbons (Fsp3) is 0.375. The predicted molar refractivity (Wildman–Crippen MR) is 76.8 cm³/mol. The van der Waals surface area contributed by atoms with Crippen molar-refractivity contribution in [1.29, 1.82) is 0 Å². The summed E-state index contributed by atoms with van der Waals surface area (Å²) >= 11 is 0. The number of aryl methyl sites for hydroxylation is 1. The van der Waals surface area contributed by atoms with E-state index < -0.39 is 11.7 Å². The van der Waals surface area contributed by atoms with E-state index in [0.717, 1.165) is 29.8 Å². The molecule has 1 aromatic carbocycles. The highest BCUT2D eigenvalue weighted by molar-refractivity contribution is 5.26. The summed E-state index contributed by atoms with van der Waals surface area (Å²) in [6.07, 6.45) is -0.204. The third-order valence-electron chi connectivity index (χ3n) is 3.53. The Kier molecular flexibility index (Phi) is 4.73. The van der Waals surface area contributed by atoms with Crippen LogP contribution in [0.1, 0.15) is 36.6 Å². The summed E-state index contributed by atoms with van der Waals surface area (Å²) in [5, 5.41) is 3.32. The molecule has 5 heteroatoms. The molecule has 1 unspecified atom stereocenters. The van der Waals surface area contributed by atoms with E-state index in [1.54, 1.807) is 0 Å². The smallest absolute Gasteiger partial charge is 0.354 e. The molecule has 2 nitrogen and oxygen atoms in total. The van der Waals surface area contributed by atoms with Crippen molar-refractivity contribution in [3.05, 3.63) is 59.4 Å². The zero-order valence-electron chi connectivity index (χ0n) is 12.1. The number of hydrogen-bond donors (Lipinski definition) is 1. The second-order valence-corrected chi connectivity index (χ2v) is 5.07. The molecule has 0 radical (unpaired) electrons. The second kappa shape index (κ2) is 6.35. The van der Waals surface area contributed by atoms with Gasteiger partial charge in [-0.1, -0.05) is 12.1 Å². The summed E-state index contributed by atoms with van der Waals surface area (Å²) < 4.78 is 39.6. The minimum atomic E-state index is -4.28. The monoisotopic (exact) mass is 296 g/mol. The fourth-order valence-corrected chi connectivity index (χ4v) is 2.14. The van der Waals surface area contributed by atoms with E-state index in [1.165, 1.54) is 12.1 Å². The summed E-state index contributed by atoms with van der Waals surface area (Å²) in [4.78, 5) is 0. The molecule has 0 aliphatic rings. The van der Waals surface area contributed by atoms with E-state index in [9.17, 15) is 13.2 Å². The molecule has 0 aliphatic carbocycles. The summed E-state index contributed by atoms with van der Waals surface area (Å²) in [5.74, 6) is 0. The van der Waals surface area contributed by atoms with Crippen LogP contribution in [-0.2, 0) is 19.3 Å². The SMILES string of the molecule is CCn1ccc(CNC(C)c2ccc(C(F)(F)F)cc2)c1. The van der Waals surface area contributed by atoms with Crippen LogP contribution in [-0.4, -0.2) is 4.57 Å². The van der Waals surface area contributed by atoms with Gasteiger partial charge >= 0.3 is 6.18 Å². The van der Waals surface area contributed by atoms with Crippen LogP contribution in [0.2, 0.25) is 0 Å². The van der Waals surface area contributed by atoms with E-state index >= 15 is 0 Å². The van der Waals surface area contributed by atoms with Gasteiger partial charge in [0.15, 0.2) is 0 Å². The van der Waals surface area contributed by atoms with E-state index in [0.29, 0.717) is 6.54 Å². The van der Waals surface area contributed by atoms with Gasteiger partial charge in [0.25, 0.3) is 0 Å². The number of aromatic nitrogens is 1. The molecule has 0 fully saturated rings. The Morgan fingerprint density at radius 3 is 2.33 bits per heavy atom. The van der Waals surface area contributed by atoms with Crippen molar-refractivity contribution in [2.24, 2.45) is 0 Å². The zero-order chi connectivity index (χ0) is 15.5. The molecule has 0 saturated heterocycles. The largest absolute Gasteiger partial charge is 0.416 e. The highest BCUT2D eigenvalue weighted by atomic mass is 19.4. The fourth-order valence-electron chi connectivity index (χ4n) is 2.14. The Balaban J connectivity index is 1.95. The Morgan fingerprint density at radius 1 is 1.14 bits per heavy atom. The van der Waals surface area contributed by atoms with Crippen molar-refractivity contribution in [1.82, 2.24) is 9.88 Å². The zero-order valence-corrected chi connectivity index (χ0v) is 12.1. The summed E-state index contributed by atoms with van der Waals surface area (Å²) in [6.45, 7) is 5.63. The Morgan fingerprint density at radius 2 is 1.81 bits per heavy atom. The van der Waals surface area contributed by atoms with Crippen molar-refractivity contribution in [3.8, 4) is 0 Å². The highest BCUT2D eigenvalue weighted by Crippen LogP contribution is 2.29. The van der Waals surface area contributed by atoms with Gasteiger partial charge in [0.1, 0.15) is 0 Å². The van der Waals surface area contributed by atoms with Crippen LogP contribution in [0.15, 0.2) is 42.7 Å². The Bertz CT molecular complexity index is 570. The van der Waals surface area contributed by atoms with Crippen molar-refractivity contribution >= 4 is 0 Å². The first-order chi connectivity index (χ1) is 9.90. The van der Waals surface area contributed by atoms with Gasteiger partial charge in [-0.2, -0.15) is 13.2 Å². The maximum absolute atomic E-state index is 12.5. The minimum absolute atomic E-state index is 0.00254. The van der Waals surface area contributed by atoms with E-state index in [1.807, 2.05) is 19.2 Å². The lowest BCUT2D eigenvalue weighted by molar-refractivity contribution is -0.137. The van der Waals surface area contributed by atoms with Crippen molar-refractivity contribution < 1.29 is 13.2 Å². The average Bonchev–Trinajstić information content (AvgIpc) is 2.92. The number of nitrogens with one attached hydrogen (secondary N) is 1. The summed E-state index contributed by atoms with van der Waals surface area (Å²) in [5.41, 5.74) is 1.40. The van der Waals surface area contributed by atoms with Gasteiger partial charge in [0.2, 0.25) is 0 Å². The number of rotatable bonds is 5. The van der Waals surface area contributed by atoms with Gasteiger partial charge < -0.3 is 9.88 Å². The average molecular weight is 296 g/mol. The number of alkyl halides is 3. The molecule has 1 N–H and O–H groups in total. The molecule has 0 spiro atoms. The molecule has 2 aromatic rings. The maximum atomic E-state index is 12.5. The molecular weight excluding hydrogens is 277 g/mol. The normalized spacial score (nSPS) is 13.4. The van der Waals surface area contributed by atoms with Crippen LogP contribution in [0.4, 0.5) is 13.2 Å². The number of nitrogens with zero attached hydrogens (tertiary/aromatic N) is 1. The molecule has 1 atom stereocenters. The first-order valence-electron chi connectivity index (χ1n) is 6.95. The van der Waals surface area contributed by atoms with Crippen LogP contribution in [0.5, 0.6) is 0 Å². The lowest BCUT2D eigenvalue weighted by Gasteiger charge is -2.15. The number of hydrogen-bond acceptors (Lipinski definition) is 1. The van der Waals surface area contributed by atoms with Crippen LogP contribution >= 0.6 is 0 Å². The van der Waals surface area contributed by atoms with E-state index in [-0.39, 0.29) is 6.04 Å². The number of halogens is 3. The molecule has 114 valence electrons. The number of benzene rings is 1. The van der Waals surface area contributed by atoms with Gasteiger partial charge in [-0.15, -0.1) is 0 Å². The molecule has 2 rings (SSSR count). The van der Waals surface area contributed by atoms with Crippen LogP contribution in [0.25, 0.3) is 0 Å². The molecule has 0 saturated carbocycles. The van der Waals surface area contributed by atoms with Gasteiger partial charge in [-0.05, 0) is 43.2 Å². The quantitative estimate of drug-likeness (QED) is 0.866. The molecule has 1 aromatic heterocycles. The van der Waals surface area contributed by atoms with Gasteiger partial charge in [0, 0.05) is 31.5 Å².